The van der Waals surface area contributed by atoms with Crippen LogP contribution in [0.5, 0.6) is 0 Å². The molecule has 1 N–H and O–H groups in total. The van der Waals surface area contributed by atoms with Crippen LogP contribution in [-0.2, 0) is 19.5 Å². The van der Waals surface area contributed by atoms with Gasteiger partial charge in [0.05, 0.1) is 11.3 Å². The molecule has 23 heavy (non-hydrogen) atoms. The van der Waals surface area contributed by atoms with E-state index in [2.05, 4.69) is 21.0 Å². The van der Waals surface area contributed by atoms with E-state index in [-0.39, 0.29) is 5.56 Å². The van der Waals surface area contributed by atoms with Crippen molar-refractivity contribution < 1.29 is 0 Å². The summed E-state index contributed by atoms with van der Waals surface area (Å²) in [6.07, 6.45) is 4.53. The van der Waals surface area contributed by atoms with Gasteiger partial charge < -0.3 is 0 Å². The molecule has 0 unspecified atom stereocenters. The molecule has 0 bridgehead atoms. The van der Waals surface area contributed by atoms with Gasteiger partial charge >= 0.3 is 0 Å². The first-order valence-electron chi connectivity index (χ1n) is 7.81. The minimum atomic E-state index is 0.0575. The van der Waals surface area contributed by atoms with Crippen LogP contribution in [0.3, 0.4) is 0 Å². The number of fused-ring (bicyclic) bond motifs is 1. The summed E-state index contributed by atoms with van der Waals surface area (Å²) in [6.45, 7) is 2.44. The number of aromatic amines is 1. The van der Waals surface area contributed by atoms with Crippen LogP contribution in [0.15, 0.2) is 59.7 Å². The number of pyridine rings is 1. The van der Waals surface area contributed by atoms with Crippen LogP contribution in [0.4, 0.5) is 0 Å². The molecule has 5 heteroatoms. The molecular weight excluding hydrogens is 288 g/mol. The first-order valence-corrected chi connectivity index (χ1v) is 7.81. The molecule has 0 saturated heterocycles. The first kappa shape index (κ1) is 14.0. The van der Waals surface area contributed by atoms with Gasteiger partial charge in [-0.05, 0) is 23.8 Å². The second kappa shape index (κ2) is 5.85. The molecule has 1 aromatic carbocycles. The number of hydrogen-bond donors (Lipinski definition) is 1. The van der Waals surface area contributed by atoms with E-state index in [1.165, 1.54) is 5.56 Å². The predicted molar refractivity (Wildman–Crippen MR) is 88.4 cm³/mol. The lowest BCUT2D eigenvalue weighted by Crippen LogP contribution is -2.32. The van der Waals surface area contributed by atoms with E-state index in [4.69, 9.17) is 0 Å². The zero-order valence-corrected chi connectivity index (χ0v) is 12.8. The average Bonchev–Trinajstić information content (AvgIpc) is 2.93. The van der Waals surface area contributed by atoms with Crippen molar-refractivity contribution in [3.05, 3.63) is 82.0 Å². The Hall–Kier alpha value is -2.66. The van der Waals surface area contributed by atoms with E-state index in [0.29, 0.717) is 6.54 Å². The zero-order chi connectivity index (χ0) is 15.6. The molecule has 2 aromatic heterocycles. The van der Waals surface area contributed by atoms with Crippen molar-refractivity contribution in [2.45, 2.75) is 19.5 Å². The smallest absolute Gasteiger partial charge is 0.275 e. The Bertz CT molecular complexity index is 852. The van der Waals surface area contributed by atoms with Gasteiger partial charge in [-0.15, -0.1) is 0 Å². The Morgan fingerprint density at radius 1 is 1.13 bits per heavy atom. The van der Waals surface area contributed by atoms with Gasteiger partial charge in [0.25, 0.3) is 5.56 Å². The summed E-state index contributed by atoms with van der Waals surface area (Å²) >= 11 is 0. The molecule has 3 heterocycles. The van der Waals surface area contributed by atoms with Crippen LogP contribution in [0, 0.1) is 0 Å². The van der Waals surface area contributed by atoms with Gasteiger partial charge in [-0.1, -0.05) is 24.3 Å². The summed E-state index contributed by atoms with van der Waals surface area (Å²) < 4.78 is 1.65. The number of rotatable bonds is 3. The quantitative estimate of drug-likeness (QED) is 0.806. The van der Waals surface area contributed by atoms with E-state index in [0.717, 1.165) is 36.5 Å². The molecule has 0 fully saturated rings. The molecule has 0 atom stereocenters. The minimum absolute atomic E-state index is 0.0575. The molecular formula is C18H18N4O. The first-order chi connectivity index (χ1) is 11.3. The summed E-state index contributed by atoms with van der Waals surface area (Å²) in [7, 11) is 0. The standard InChI is InChI=1S/C18H18N4O/c23-18-16-13-21(12-14-5-4-9-19-11-14)10-8-17(16)20-22(18)15-6-2-1-3-7-15/h1-7,9,11,20H,8,10,12-13H2. The van der Waals surface area contributed by atoms with Crippen molar-refractivity contribution in [1.82, 2.24) is 19.7 Å². The van der Waals surface area contributed by atoms with Gasteiger partial charge in [-0.3, -0.25) is 19.8 Å². The van der Waals surface area contributed by atoms with E-state index in [1.54, 1.807) is 10.9 Å². The third kappa shape index (κ3) is 2.71. The molecule has 1 aliphatic heterocycles. The number of benzene rings is 1. The largest absolute Gasteiger partial charge is 0.295 e. The number of H-pyrrole nitrogens is 1. The summed E-state index contributed by atoms with van der Waals surface area (Å²) in [6, 6.07) is 13.7. The Labute approximate surface area is 134 Å². The van der Waals surface area contributed by atoms with Gasteiger partial charge in [0.2, 0.25) is 0 Å². The SMILES string of the molecule is O=c1c2c([nH]n1-c1ccccc1)CCN(Cc1cccnc1)C2. The third-order valence-corrected chi connectivity index (χ3v) is 4.28. The number of para-hydroxylation sites is 1. The Balaban J connectivity index is 1.60. The van der Waals surface area contributed by atoms with Crippen molar-refractivity contribution in [2.24, 2.45) is 0 Å². The lowest BCUT2D eigenvalue weighted by Gasteiger charge is -2.25. The highest BCUT2D eigenvalue weighted by atomic mass is 16.1. The monoisotopic (exact) mass is 306 g/mol. The second-order valence-electron chi connectivity index (χ2n) is 5.87. The van der Waals surface area contributed by atoms with Gasteiger partial charge in [0.15, 0.2) is 0 Å². The molecule has 5 nitrogen and oxygen atoms in total. The van der Waals surface area contributed by atoms with Gasteiger partial charge in [0, 0.05) is 44.1 Å². The summed E-state index contributed by atoms with van der Waals surface area (Å²) in [5, 5.41) is 3.27. The van der Waals surface area contributed by atoms with Gasteiger partial charge in [-0.25, -0.2) is 4.68 Å². The molecule has 0 aliphatic carbocycles. The van der Waals surface area contributed by atoms with Crippen LogP contribution in [0.1, 0.15) is 16.8 Å². The summed E-state index contributed by atoms with van der Waals surface area (Å²) in [5.41, 5.74) is 4.05. The van der Waals surface area contributed by atoms with E-state index in [1.807, 2.05) is 42.6 Å². The maximum absolute atomic E-state index is 12.7. The normalized spacial score (nSPS) is 14.6. The maximum atomic E-state index is 12.7. The molecule has 0 amide bonds. The second-order valence-corrected chi connectivity index (χ2v) is 5.87. The van der Waals surface area contributed by atoms with E-state index < -0.39 is 0 Å². The minimum Gasteiger partial charge on any atom is -0.295 e. The van der Waals surface area contributed by atoms with Gasteiger partial charge in [0.1, 0.15) is 0 Å². The topological polar surface area (TPSA) is 53.9 Å². The number of aromatic nitrogens is 3. The van der Waals surface area contributed by atoms with Crippen molar-refractivity contribution in [3.8, 4) is 5.69 Å². The van der Waals surface area contributed by atoms with E-state index >= 15 is 0 Å². The molecule has 0 radical (unpaired) electrons. The highest BCUT2D eigenvalue weighted by Gasteiger charge is 2.23. The number of nitrogens with one attached hydrogen (secondary N) is 1. The molecule has 4 rings (SSSR count). The summed E-state index contributed by atoms with van der Waals surface area (Å²) in [4.78, 5) is 19.2. The van der Waals surface area contributed by atoms with Crippen LogP contribution < -0.4 is 5.56 Å². The van der Waals surface area contributed by atoms with Crippen LogP contribution >= 0.6 is 0 Å². The van der Waals surface area contributed by atoms with Crippen molar-refractivity contribution in [3.63, 3.8) is 0 Å². The van der Waals surface area contributed by atoms with Crippen molar-refractivity contribution in [1.29, 1.82) is 0 Å². The average molecular weight is 306 g/mol. The molecule has 0 spiro atoms. The van der Waals surface area contributed by atoms with E-state index in [9.17, 15) is 4.79 Å². The molecule has 1 aliphatic rings. The predicted octanol–water partition coefficient (Wildman–Crippen LogP) is 2.12. The highest BCUT2D eigenvalue weighted by Crippen LogP contribution is 2.17. The number of hydrogen-bond acceptors (Lipinski definition) is 3. The Morgan fingerprint density at radius 3 is 2.78 bits per heavy atom. The lowest BCUT2D eigenvalue weighted by atomic mass is 10.1. The van der Waals surface area contributed by atoms with Crippen molar-refractivity contribution in [2.75, 3.05) is 6.54 Å². The third-order valence-electron chi connectivity index (χ3n) is 4.28. The molecule has 3 aromatic rings. The Morgan fingerprint density at radius 2 is 2.00 bits per heavy atom. The lowest BCUT2D eigenvalue weighted by molar-refractivity contribution is 0.244. The maximum Gasteiger partial charge on any atom is 0.275 e. The number of nitrogens with zero attached hydrogens (tertiary/aromatic N) is 3. The van der Waals surface area contributed by atoms with Gasteiger partial charge in [-0.2, -0.15) is 0 Å². The zero-order valence-electron chi connectivity index (χ0n) is 12.8. The fourth-order valence-electron chi connectivity index (χ4n) is 3.10. The fourth-order valence-corrected chi connectivity index (χ4v) is 3.10. The van der Waals surface area contributed by atoms with Crippen molar-refractivity contribution >= 4 is 0 Å². The molecule has 116 valence electrons. The summed E-state index contributed by atoms with van der Waals surface area (Å²) in [5.74, 6) is 0. The Kier molecular flexibility index (Phi) is 3.55. The van der Waals surface area contributed by atoms with Crippen LogP contribution in [-0.4, -0.2) is 26.2 Å². The highest BCUT2D eigenvalue weighted by molar-refractivity contribution is 5.33. The van der Waals surface area contributed by atoms with Crippen LogP contribution in [0.25, 0.3) is 5.69 Å². The molecule has 0 saturated carbocycles. The fraction of sp³-hybridized carbons (Fsp3) is 0.222. The van der Waals surface area contributed by atoms with Crippen LogP contribution in [0.2, 0.25) is 0 Å².